The Labute approximate surface area is 117 Å². The van der Waals surface area contributed by atoms with Crippen LogP contribution in [-0.2, 0) is 11.2 Å². The third-order valence-corrected chi connectivity index (χ3v) is 3.52. The molecule has 0 radical (unpaired) electrons. The second-order valence-corrected chi connectivity index (χ2v) is 4.95. The highest BCUT2D eigenvalue weighted by Crippen LogP contribution is 2.24. The molecule has 2 aromatic rings. The molecule has 0 saturated heterocycles. The lowest BCUT2D eigenvalue weighted by Crippen LogP contribution is -2.28. The van der Waals surface area contributed by atoms with Gasteiger partial charge in [-0.25, -0.2) is 4.98 Å². The molecule has 4 nitrogen and oxygen atoms in total. The van der Waals surface area contributed by atoms with Gasteiger partial charge < -0.3 is 9.88 Å². The van der Waals surface area contributed by atoms with Crippen molar-refractivity contribution in [1.29, 1.82) is 0 Å². The van der Waals surface area contributed by atoms with E-state index >= 15 is 0 Å². The quantitative estimate of drug-likeness (QED) is 0.874. The van der Waals surface area contributed by atoms with Crippen molar-refractivity contribution in [2.75, 3.05) is 12.9 Å². The summed E-state index contributed by atoms with van der Waals surface area (Å²) in [5.41, 5.74) is 3.03. The van der Waals surface area contributed by atoms with Crippen LogP contribution in [0.3, 0.4) is 0 Å². The molecule has 1 atom stereocenters. The van der Waals surface area contributed by atoms with Crippen LogP contribution in [0.1, 0.15) is 24.4 Å². The fourth-order valence-corrected chi connectivity index (χ4v) is 2.49. The first-order chi connectivity index (χ1) is 9.10. The number of hydrogen-bond donors (Lipinski definition) is 1. The van der Waals surface area contributed by atoms with Crippen LogP contribution in [-0.4, -0.2) is 28.4 Å². The van der Waals surface area contributed by atoms with Crippen molar-refractivity contribution >= 4 is 28.5 Å². The first kappa shape index (κ1) is 13.9. The maximum Gasteiger partial charge on any atom is 0.242 e. The highest BCUT2D eigenvalue weighted by atomic mass is 35.5. The molecule has 1 heterocycles. The van der Waals surface area contributed by atoms with Crippen LogP contribution >= 0.6 is 11.6 Å². The minimum Gasteiger partial charge on any atom is -0.357 e. The number of likely N-dealkylation sites (N-methyl/N-ethyl adjacent to an activating group) is 1. The number of fused-ring (bicyclic) bond motifs is 1. The summed E-state index contributed by atoms with van der Waals surface area (Å²) in [6, 6.07) is 5.70. The molecular weight excluding hydrogens is 262 g/mol. The summed E-state index contributed by atoms with van der Waals surface area (Å²) in [5.74, 6) is 1.31. The molecular formula is C14H18ClN3O. The number of alkyl halides is 1. The molecule has 1 N–H and O–H groups in total. The van der Waals surface area contributed by atoms with Crippen LogP contribution in [0.4, 0.5) is 0 Å². The summed E-state index contributed by atoms with van der Waals surface area (Å²) in [7, 11) is 1.64. The van der Waals surface area contributed by atoms with Gasteiger partial charge in [0, 0.05) is 19.3 Å². The smallest absolute Gasteiger partial charge is 0.242 e. The van der Waals surface area contributed by atoms with Crippen molar-refractivity contribution in [2.24, 2.45) is 0 Å². The second-order valence-electron chi connectivity index (χ2n) is 4.57. The molecule has 0 saturated carbocycles. The molecule has 0 spiro atoms. The van der Waals surface area contributed by atoms with Gasteiger partial charge in [0.2, 0.25) is 5.91 Å². The summed E-state index contributed by atoms with van der Waals surface area (Å²) in [6.45, 7) is 3.90. The zero-order valence-electron chi connectivity index (χ0n) is 11.4. The Bertz CT molecular complexity index is 606. The zero-order valence-corrected chi connectivity index (χ0v) is 12.2. The maximum atomic E-state index is 11.9. The molecule has 0 aliphatic rings. The van der Waals surface area contributed by atoms with Gasteiger partial charge >= 0.3 is 0 Å². The van der Waals surface area contributed by atoms with Crippen LogP contribution in [0, 0.1) is 6.92 Å². The standard InChI is InChI=1S/C14H18ClN3O/c1-9-5-4-6-11-13(9)17-12(7-8-15)18(11)10(2)14(19)16-3/h4-6,10H,7-8H2,1-3H3,(H,16,19). The van der Waals surface area contributed by atoms with E-state index in [2.05, 4.69) is 10.3 Å². The lowest BCUT2D eigenvalue weighted by Gasteiger charge is -2.15. The van der Waals surface area contributed by atoms with Gasteiger partial charge in [-0.15, -0.1) is 11.6 Å². The molecule has 0 aliphatic heterocycles. The van der Waals surface area contributed by atoms with Gasteiger partial charge in [0.1, 0.15) is 11.9 Å². The predicted octanol–water partition coefficient (Wildman–Crippen LogP) is 2.43. The minimum atomic E-state index is -0.296. The Balaban J connectivity index is 2.64. The van der Waals surface area contributed by atoms with Crippen LogP contribution in [0.5, 0.6) is 0 Å². The normalized spacial score (nSPS) is 12.6. The number of benzene rings is 1. The van der Waals surface area contributed by atoms with Crippen LogP contribution in [0.2, 0.25) is 0 Å². The largest absolute Gasteiger partial charge is 0.357 e. The van der Waals surface area contributed by atoms with E-state index in [1.54, 1.807) is 7.05 Å². The van der Waals surface area contributed by atoms with Gasteiger partial charge in [0.25, 0.3) is 0 Å². The van der Waals surface area contributed by atoms with Gasteiger partial charge in [-0.05, 0) is 25.5 Å². The van der Waals surface area contributed by atoms with Gasteiger partial charge in [0.15, 0.2) is 0 Å². The Morgan fingerprint density at radius 3 is 2.89 bits per heavy atom. The Morgan fingerprint density at radius 1 is 1.53 bits per heavy atom. The van der Waals surface area contributed by atoms with E-state index in [1.165, 1.54) is 0 Å². The first-order valence-corrected chi connectivity index (χ1v) is 6.87. The number of para-hydroxylation sites is 1. The number of aryl methyl sites for hydroxylation is 2. The summed E-state index contributed by atoms with van der Waals surface area (Å²) < 4.78 is 1.98. The van der Waals surface area contributed by atoms with E-state index < -0.39 is 0 Å². The average Bonchev–Trinajstić information content (AvgIpc) is 2.77. The summed E-state index contributed by atoms with van der Waals surface area (Å²) in [4.78, 5) is 16.5. The maximum absolute atomic E-state index is 11.9. The number of hydrogen-bond acceptors (Lipinski definition) is 2. The fourth-order valence-electron chi connectivity index (χ4n) is 2.32. The van der Waals surface area contributed by atoms with Crippen LogP contribution in [0.25, 0.3) is 11.0 Å². The summed E-state index contributed by atoms with van der Waals surface area (Å²) in [6.07, 6.45) is 0.650. The van der Waals surface area contributed by atoms with E-state index in [0.29, 0.717) is 12.3 Å². The Hall–Kier alpha value is -1.55. The van der Waals surface area contributed by atoms with E-state index in [4.69, 9.17) is 11.6 Å². The highest BCUT2D eigenvalue weighted by Gasteiger charge is 2.20. The number of carbonyl (C=O) groups is 1. The lowest BCUT2D eigenvalue weighted by molar-refractivity contribution is -0.123. The van der Waals surface area contributed by atoms with Crippen molar-refractivity contribution < 1.29 is 4.79 Å². The third-order valence-electron chi connectivity index (χ3n) is 3.33. The lowest BCUT2D eigenvalue weighted by atomic mass is 10.2. The number of nitrogens with one attached hydrogen (secondary N) is 1. The monoisotopic (exact) mass is 279 g/mol. The molecule has 0 bridgehead atoms. The van der Waals surface area contributed by atoms with Crippen molar-refractivity contribution in [2.45, 2.75) is 26.3 Å². The molecule has 0 aliphatic carbocycles. The van der Waals surface area contributed by atoms with E-state index in [-0.39, 0.29) is 11.9 Å². The minimum absolute atomic E-state index is 0.0309. The van der Waals surface area contributed by atoms with E-state index in [9.17, 15) is 4.79 Å². The Kier molecular flexibility index (Phi) is 4.10. The number of amides is 1. The first-order valence-electron chi connectivity index (χ1n) is 6.34. The second kappa shape index (κ2) is 5.61. The number of rotatable bonds is 4. The van der Waals surface area contributed by atoms with Crippen molar-refractivity contribution in [1.82, 2.24) is 14.9 Å². The van der Waals surface area contributed by atoms with Gasteiger partial charge in [-0.1, -0.05) is 12.1 Å². The van der Waals surface area contributed by atoms with Gasteiger partial charge in [0.05, 0.1) is 11.0 Å². The summed E-state index contributed by atoms with van der Waals surface area (Å²) in [5, 5.41) is 2.68. The van der Waals surface area contributed by atoms with Crippen LogP contribution in [0.15, 0.2) is 18.2 Å². The molecule has 0 fully saturated rings. The number of nitrogens with zero attached hydrogens (tertiary/aromatic N) is 2. The van der Waals surface area contributed by atoms with E-state index in [1.807, 2.05) is 36.6 Å². The number of halogens is 1. The molecule has 1 aromatic carbocycles. The van der Waals surface area contributed by atoms with Gasteiger partial charge in [-0.2, -0.15) is 0 Å². The molecule has 1 aromatic heterocycles. The van der Waals surface area contributed by atoms with E-state index in [0.717, 1.165) is 22.4 Å². The molecule has 2 rings (SSSR count). The topological polar surface area (TPSA) is 46.9 Å². The zero-order chi connectivity index (χ0) is 14.0. The van der Waals surface area contributed by atoms with Crippen molar-refractivity contribution in [3.63, 3.8) is 0 Å². The van der Waals surface area contributed by atoms with Gasteiger partial charge in [-0.3, -0.25) is 4.79 Å². The number of aromatic nitrogens is 2. The average molecular weight is 280 g/mol. The SMILES string of the molecule is CNC(=O)C(C)n1c(CCCl)nc2c(C)cccc21. The predicted molar refractivity (Wildman–Crippen MR) is 77.7 cm³/mol. The van der Waals surface area contributed by atoms with Crippen LogP contribution < -0.4 is 5.32 Å². The molecule has 1 amide bonds. The number of carbonyl (C=O) groups excluding carboxylic acids is 1. The molecule has 19 heavy (non-hydrogen) atoms. The third kappa shape index (κ3) is 2.45. The number of imidazole rings is 1. The molecule has 1 unspecified atom stereocenters. The van der Waals surface area contributed by atoms with Crippen molar-refractivity contribution in [3.05, 3.63) is 29.6 Å². The van der Waals surface area contributed by atoms with Crippen molar-refractivity contribution in [3.8, 4) is 0 Å². The molecule has 5 heteroatoms. The highest BCUT2D eigenvalue weighted by molar-refractivity contribution is 6.17. The summed E-state index contributed by atoms with van der Waals surface area (Å²) >= 11 is 5.84. The Morgan fingerprint density at radius 2 is 2.26 bits per heavy atom. The fraction of sp³-hybridized carbons (Fsp3) is 0.429. The molecule has 102 valence electrons.